The Morgan fingerprint density at radius 2 is 1.79 bits per heavy atom. The Morgan fingerprint density at radius 1 is 1.03 bits per heavy atom. The fraction of sp³-hybridized carbons (Fsp3) is 0.0500. The molecule has 29 heavy (non-hydrogen) atoms. The number of halogens is 1. The zero-order valence-corrected chi connectivity index (χ0v) is 16.4. The largest absolute Gasteiger partial charge is 0.478 e. The van der Waals surface area contributed by atoms with Gasteiger partial charge in [-0.05, 0) is 54.6 Å². The summed E-state index contributed by atoms with van der Waals surface area (Å²) < 4.78 is 5.03. The highest BCUT2D eigenvalue weighted by atomic mass is 35.5. The number of carboxylic acid groups (broad SMARTS) is 1. The van der Waals surface area contributed by atoms with Crippen molar-refractivity contribution >= 4 is 52.5 Å². The van der Waals surface area contributed by atoms with Crippen LogP contribution in [0.1, 0.15) is 20.9 Å². The molecule has 1 heterocycles. The van der Waals surface area contributed by atoms with E-state index in [1.165, 1.54) is 36.2 Å². The number of amides is 2. The third kappa shape index (κ3) is 5.63. The van der Waals surface area contributed by atoms with Gasteiger partial charge in [-0.25, -0.2) is 4.79 Å². The number of furan rings is 1. The molecule has 0 saturated heterocycles. The van der Waals surface area contributed by atoms with E-state index in [1.54, 1.807) is 36.4 Å². The van der Waals surface area contributed by atoms with E-state index in [0.29, 0.717) is 5.69 Å². The summed E-state index contributed by atoms with van der Waals surface area (Å²) in [6.45, 7) is 0. The summed E-state index contributed by atoms with van der Waals surface area (Å²) in [7, 11) is 0. The van der Waals surface area contributed by atoms with E-state index < -0.39 is 5.97 Å². The Labute approximate surface area is 175 Å². The van der Waals surface area contributed by atoms with E-state index in [9.17, 15) is 14.4 Å². The summed E-state index contributed by atoms with van der Waals surface area (Å²) in [5.74, 6) is -1.47. The van der Waals surface area contributed by atoms with Gasteiger partial charge >= 0.3 is 5.97 Å². The highest BCUT2D eigenvalue weighted by molar-refractivity contribution is 8.00. The number of hydrogen-bond donors (Lipinski definition) is 3. The van der Waals surface area contributed by atoms with E-state index in [2.05, 4.69) is 10.6 Å². The lowest BCUT2D eigenvalue weighted by atomic mass is 10.2. The maximum absolute atomic E-state index is 12.2. The molecular weight excluding hydrogens is 416 g/mol. The van der Waals surface area contributed by atoms with E-state index >= 15 is 0 Å². The number of rotatable bonds is 7. The topological polar surface area (TPSA) is 109 Å². The van der Waals surface area contributed by atoms with Crippen molar-refractivity contribution in [2.24, 2.45) is 0 Å². The predicted octanol–water partition coefficient (Wildman–Crippen LogP) is 4.61. The number of carbonyl (C=O) groups excluding carboxylic acids is 2. The first-order valence-electron chi connectivity index (χ1n) is 8.33. The number of aromatic carboxylic acids is 1. The molecule has 1 aromatic heterocycles. The van der Waals surface area contributed by atoms with Crippen LogP contribution in [0.4, 0.5) is 11.4 Å². The maximum atomic E-state index is 12.2. The summed E-state index contributed by atoms with van der Waals surface area (Å²) >= 11 is 7.29. The molecule has 3 rings (SSSR count). The first kappa shape index (κ1) is 20.5. The average molecular weight is 431 g/mol. The quantitative estimate of drug-likeness (QED) is 0.472. The predicted molar refractivity (Wildman–Crippen MR) is 111 cm³/mol. The standard InChI is InChI=1S/C20H15ClN2O5S/c21-15-8-3-12(20(26)27)10-16(15)23-18(24)11-29-14-6-4-13(5-7-14)22-19(25)17-2-1-9-28-17/h1-10H,11H2,(H,22,25)(H,23,24)(H,26,27). The van der Waals surface area contributed by atoms with E-state index in [4.69, 9.17) is 21.1 Å². The van der Waals surface area contributed by atoms with Crippen LogP contribution in [0.2, 0.25) is 5.02 Å². The molecule has 0 aliphatic heterocycles. The van der Waals surface area contributed by atoms with Gasteiger partial charge in [0.15, 0.2) is 5.76 Å². The Bertz CT molecular complexity index is 1040. The number of hydrogen-bond acceptors (Lipinski definition) is 5. The third-order valence-corrected chi connectivity index (χ3v) is 5.06. The first-order chi connectivity index (χ1) is 13.9. The van der Waals surface area contributed by atoms with Crippen molar-refractivity contribution in [3.05, 3.63) is 77.2 Å². The normalized spacial score (nSPS) is 10.4. The molecule has 0 fully saturated rings. The van der Waals surface area contributed by atoms with Crippen LogP contribution in [0.15, 0.2) is 70.2 Å². The first-order valence-corrected chi connectivity index (χ1v) is 9.69. The minimum absolute atomic E-state index is 0.0320. The zero-order valence-electron chi connectivity index (χ0n) is 14.8. The molecule has 9 heteroatoms. The van der Waals surface area contributed by atoms with E-state index in [0.717, 1.165) is 4.90 Å². The molecule has 3 N–H and O–H groups in total. The van der Waals surface area contributed by atoms with Gasteiger partial charge < -0.3 is 20.2 Å². The molecular formula is C20H15ClN2O5S. The van der Waals surface area contributed by atoms with Gasteiger partial charge in [0.2, 0.25) is 5.91 Å². The summed E-state index contributed by atoms with van der Waals surface area (Å²) in [6, 6.07) is 14.3. The fourth-order valence-electron chi connectivity index (χ4n) is 2.32. The van der Waals surface area contributed by atoms with Gasteiger partial charge in [-0.15, -0.1) is 11.8 Å². The number of carboxylic acids is 1. The average Bonchev–Trinajstić information content (AvgIpc) is 3.24. The smallest absolute Gasteiger partial charge is 0.335 e. The number of anilines is 2. The van der Waals surface area contributed by atoms with Gasteiger partial charge in [0.25, 0.3) is 5.91 Å². The van der Waals surface area contributed by atoms with Gasteiger partial charge in [0, 0.05) is 10.6 Å². The van der Waals surface area contributed by atoms with Crippen LogP contribution in [0.3, 0.4) is 0 Å². The maximum Gasteiger partial charge on any atom is 0.335 e. The van der Waals surface area contributed by atoms with Gasteiger partial charge in [-0.3, -0.25) is 9.59 Å². The highest BCUT2D eigenvalue weighted by Gasteiger charge is 2.11. The van der Waals surface area contributed by atoms with Crippen molar-refractivity contribution < 1.29 is 23.9 Å². The van der Waals surface area contributed by atoms with Gasteiger partial charge in [0.1, 0.15) is 0 Å². The Morgan fingerprint density at radius 3 is 2.45 bits per heavy atom. The molecule has 3 aromatic rings. The molecule has 0 unspecified atom stereocenters. The molecule has 0 radical (unpaired) electrons. The van der Waals surface area contributed by atoms with Crippen molar-refractivity contribution in [1.82, 2.24) is 0 Å². The molecule has 0 bridgehead atoms. The SMILES string of the molecule is O=C(CSc1ccc(NC(=O)c2ccco2)cc1)Nc1cc(C(=O)O)ccc1Cl. The number of thioether (sulfide) groups is 1. The lowest BCUT2D eigenvalue weighted by Crippen LogP contribution is -2.15. The van der Waals surface area contributed by atoms with Crippen molar-refractivity contribution in [2.75, 3.05) is 16.4 Å². The van der Waals surface area contributed by atoms with E-state index in [-0.39, 0.29) is 39.6 Å². The molecule has 148 valence electrons. The highest BCUT2D eigenvalue weighted by Crippen LogP contribution is 2.25. The summed E-state index contributed by atoms with van der Waals surface area (Å²) in [5, 5.41) is 14.6. The molecule has 2 aromatic carbocycles. The van der Waals surface area contributed by atoms with Crippen LogP contribution < -0.4 is 10.6 Å². The number of carbonyl (C=O) groups is 3. The molecule has 0 atom stereocenters. The van der Waals surface area contributed by atoms with Gasteiger partial charge in [-0.2, -0.15) is 0 Å². The molecule has 0 spiro atoms. The summed E-state index contributed by atoms with van der Waals surface area (Å²) in [6.07, 6.45) is 1.42. The van der Waals surface area contributed by atoms with Crippen LogP contribution in [-0.2, 0) is 4.79 Å². The second kappa shape index (κ2) is 9.31. The second-order valence-electron chi connectivity index (χ2n) is 5.79. The Hall–Kier alpha value is -3.23. The van der Waals surface area contributed by atoms with Crippen LogP contribution in [0, 0.1) is 0 Å². The Kier molecular flexibility index (Phi) is 6.58. The van der Waals surface area contributed by atoms with E-state index in [1.807, 2.05) is 0 Å². The van der Waals surface area contributed by atoms with Crippen LogP contribution >= 0.6 is 23.4 Å². The van der Waals surface area contributed by atoms with Crippen LogP contribution in [-0.4, -0.2) is 28.6 Å². The zero-order chi connectivity index (χ0) is 20.8. The van der Waals surface area contributed by atoms with Crippen LogP contribution in [0.25, 0.3) is 0 Å². The summed E-state index contributed by atoms with van der Waals surface area (Å²) in [4.78, 5) is 35.9. The molecule has 2 amide bonds. The van der Waals surface area contributed by atoms with Crippen molar-refractivity contribution in [3.63, 3.8) is 0 Å². The Balaban J connectivity index is 1.53. The number of benzene rings is 2. The monoisotopic (exact) mass is 430 g/mol. The fourth-order valence-corrected chi connectivity index (χ4v) is 3.19. The van der Waals surface area contributed by atoms with Gasteiger partial charge in [0.05, 0.1) is 28.3 Å². The third-order valence-electron chi connectivity index (χ3n) is 3.71. The minimum atomic E-state index is -1.11. The molecule has 0 saturated carbocycles. The summed E-state index contributed by atoms with van der Waals surface area (Å²) in [5.41, 5.74) is 0.871. The molecule has 0 aliphatic carbocycles. The second-order valence-corrected chi connectivity index (χ2v) is 7.25. The van der Waals surface area contributed by atoms with Crippen molar-refractivity contribution in [1.29, 1.82) is 0 Å². The lowest BCUT2D eigenvalue weighted by molar-refractivity contribution is -0.113. The van der Waals surface area contributed by atoms with Crippen molar-refractivity contribution in [3.8, 4) is 0 Å². The van der Waals surface area contributed by atoms with Crippen LogP contribution in [0.5, 0.6) is 0 Å². The van der Waals surface area contributed by atoms with Gasteiger partial charge in [-0.1, -0.05) is 11.6 Å². The molecule has 0 aliphatic rings. The molecule has 7 nitrogen and oxygen atoms in total. The van der Waals surface area contributed by atoms with Crippen molar-refractivity contribution in [2.45, 2.75) is 4.90 Å². The number of nitrogens with one attached hydrogen (secondary N) is 2. The lowest BCUT2D eigenvalue weighted by Gasteiger charge is -2.09. The minimum Gasteiger partial charge on any atom is -0.478 e.